The Morgan fingerprint density at radius 2 is 1.75 bits per heavy atom. The van der Waals surface area contributed by atoms with Crippen molar-refractivity contribution in [1.29, 1.82) is 0 Å². The highest BCUT2D eigenvalue weighted by molar-refractivity contribution is 5.76. The summed E-state index contributed by atoms with van der Waals surface area (Å²) in [6.07, 6.45) is 2.63. The van der Waals surface area contributed by atoms with Crippen molar-refractivity contribution in [1.82, 2.24) is 5.32 Å². The van der Waals surface area contributed by atoms with Crippen molar-refractivity contribution >= 4 is 5.91 Å². The summed E-state index contributed by atoms with van der Waals surface area (Å²) < 4.78 is 16.3. The van der Waals surface area contributed by atoms with Crippen LogP contribution in [0.15, 0.2) is 5.11 Å². The van der Waals surface area contributed by atoms with E-state index in [0.717, 1.165) is 19.3 Å². The number of nitrogens with one attached hydrogen (secondary N) is 1. The van der Waals surface area contributed by atoms with Crippen molar-refractivity contribution in [2.45, 2.75) is 59.6 Å². The van der Waals surface area contributed by atoms with Crippen LogP contribution in [0.2, 0.25) is 0 Å². The van der Waals surface area contributed by atoms with Gasteiger partial charge in [0.1, 0.15) is 6.23 Å². The Morgan fingerprint density at radius 1 is 1.07 bits per heavy atom. The molecular formula is C20H36N4O4. The molecule has 0 aromatic carbocycles. The summed E-state index contributed by atoms with van der Waals surface area (Å²) in [6.45, 7) is 10.6. The van der Waals surface area contributed by atoms with E-state index < -0.39 is 6.23 Å². The van der Waals surface area contributed by atoms with Gasteiger partial charge in [0, 0.05) is 17.3 Å². The predicted molar refractivity (Wildman–Crippen MR) is 109 cm³/mol. The van der Waals surface area contributed by atoms with Crippen LogP contribution < -0.4 is 5.32 Å². The molecule has 0 rings (SSSR count). The van der Waals surface area contributed by atoms with Gasteiger partial charge in [-0.3, -0.25) is 4.79 Å². The fraction of sp³-hybridized carbons (Fsp3) is 0.850. The molecule has 1 unspecified atom stereocenters. The number of hydrogen-bond acceptors (Lipinski definition) is 5. The minimum atomic E-state index is -0.438. The second-order valence-electron chi connectivity index (χ2n) is 7.08. The number of azide groups is 1. The Labute approximate surface area is 169 Å². The van der Waals surface area contributed by atoms with Gasteiger partial charge in [0.2, 0.25) is 5.91 Å². The molecule has 0 aliphatic heterocycles. The zero-order valence-electron chi connectivity index (χ0n) is 17.8. The third-order valence-electron chi connectivity index (χ3n) is 3.56. The van der Waals surface area contributed by atoms with E-state index in [-0.39, 0.29) is 5.91 Å². The summed E-state index contributed by atoms with van der Waals surface area (Å²) in [7, 11) is 0. The molecule has 28 heavy (non-hydrogen) atoms. The lowest BCUT2D eigenvalue weighted by Crippen LogP contribution is -2.25. The van der Waals surface area contributed by atoms with E-state index in [1.807, 2.05) is 13.8 Å². The summed E-state index contributed by atoms with van der Waals surface area (Å²) in [4.78, 5) is 14.4. The van der Waals surface area contributed by atoms with E-state index in [9.17, 15) is 4.79 Å². The van der Waals surface area contributed by atoms with Crippen LogP contribution in [-0.4, -0.2) is 51.7 Å². The van der Waals surface area contributed by atoms with Crippen molar-refractivity contribution in [3.05, 3.63) is 10.4 Å². The first kappa shape index (κ1) is 26.2. The molecule has 0 aliphatic rings. The molecule has 1 amide bonds. The van der Waals surface area contributed by atoms with E-state index >= 15 is 0 Å². The molecule has 0 radical (unpaired) electrons. The topological polar surface area (TPSA) is 106 Å². The first-order valence-electron chi connectivity index (χ1n) is 10.0. The average molecular weight is 397 g/mol. The van der Waals surface area contributed by atoms with Crippen LogP contribution in [0.1, 0.15) is 53.4 Å². The number of carbonyl (C=O) groups excluding carboxylic acids is 1. The Kier molecular flexibility index (Phi) is 17.4. The summed E-state index contributed by atoms with van der Waals surface area (Å²) in [5.74, 6) is 6.74. The van der Waals surface area contributed by atoms with Crippen LogP contribution in [0, 0.1) is 23.7 Å². The highest BCUT2D eigenvalue weighted by Gasteiger charge is 2.07. The second-order valence-corrected chi connectivity index (χ2v) is 7.08. The Hall–Kier alpha value is -1.78. The fourth-order valence-corrected chi connectivity index (χ4v) is 2.15. The molecule has 0 aromatic heterocycles. The molecule has 0 saturated heterocycles. The second kappa shape index (κ2) is 18.6. The Balaban J connectivity index is 3.56. The molecule has 8 nitrogen and oxygen atoms in total. The maximum absolute atomic E-state index is 11.6. The molecule has 1 N–H and O–H groups in total. The van der Waals surface area contributed by atoms with Crippen molar-refractivity contribution in [2.75, 3.05) is 39.6 Å². The quantitative estimate of drug-likeness (QED) is 0.141. The molecule has 0 aliphatic carbocycles. The number of rotatable bonds is 16. The lowest BCUT2D eigenvalue weighted by atomic mass is 10.1. The van der Waals surface area contributed by atoms with E-state index in [0.29, 0.717) is 57.8 Å². The summed E-state index contributed by atoms with van der Waals surface area (Å²) in [5, 5.41) is 6.39. The summed E-state index contributed by atoms with van der Waals surface area (Å²) >= 11 is 0. The van der Waals surface area contributed by atoms with Crippen LogP contribution >= 0.6 is 0 Å². The molecule has 0 fully saturated rings. The van der Waals surface area contributed by atoms with Gasteiger partial charge in [-0.15, -0.1) is 0 Å². The van der Waals surface area contributed by atoms with E-state index in [1.54, 1.807) is 0 Å². The maximum Gasteiger partial charge on any atom is 0.223 e. The maximum atomic E-state index is 11.6. The third kappa shape index (κ3) is 19.0. The van der Waals surface area contributed by atoms with Gasteiger partial charge >= 0.3 is 0 Å². The SMILES string of the molecule is CC(C)C#CCNC(=O)CCOCCOCCOC(CCCC(C)C)N=[N+]=[N-]. The molecule has 1 atom stereocenters. The van der Waals surface area contributed by atoms with Crippen LogP contribution in [0.4, 0.5) is 0 Å². The third-order valence-corrected chi connectivity index (χ3v) is 3.56. The lowest BCUT2D eigenvalue weighted by Gasteiger charge is -2.13. The van der Waals surface area contributed by atoms with Gasteiger partial charge in [-0.2, -0.15) is 0 Å². The monoisotopic (exact) mass is 396 g/mol. The fourth-order valence-electron chi connectivity index (χ4n) is 2.15. The van der Waals surface area contributed by atoms with Gasteiger partial charge in [-0.05, 0) is 17.9 Å². The first-order chi connectivity index (χ1) is 13.5. The molecule has 0 bridgehead atoms. The molecule has 0 spiro atoms. The largest absolute Gasteiger partial charge is 0.379 e. The van der Waals surface area contributed by atoms with Crippen molar-refractivity contribution in [3.63, 3.8) is 0 Å². The zero-order valence-corrected chi connectivity index (χ0v) is 17.8. The highest BCUT2D eigenvalue weighted by Crippen LogP contribution is 2.11. The molecule has 0 saturated carbocycles. The molecule has 8 heteroatoms. The molecule has 0 heterocycles. The minimum Gasteiger partial charge on any atom is -0.379 e. The Bertz CT molecular complexity index is 508. The van der Waals surface area contributed by atoms with Crippen molar-refractivity contribution in [3.8, 4) is 11.8 Å². The smallest absolute Gasteiger partial charge is 0.223 e. The van der Waals surface area contributed by atoms with E-state index in [4.69, 9.17) is 19.7 Å². The van der Waals surface area contributed by atoms with Crippen LogP contribution in [0.3, 0.4) is 0 Å². The lowest BCUT2D eigenvalue weighted by molar-refractivity contribution is -0.122. The van der Waals surface area contributed by atoms with Gasteiger partial charge in [-0.1, -0.05) is 57.5 Å². The number of amides is 1. The van der Waals surface area contributed by atoms with Gasteiger partial charge in [-0.25, -0.2) is 0 Å². The zero-order chi connectivity index (χ0) is 21.0. The van der Waals surface area contributed by atoms with Crippen molar-refractivity contribution < 1.29 is 19.0 Å². The van der Waals surface area contributed by atoms with Crippen LogP contribution in [0.25, 0.3) is 10.4 Å². The number of hydrogen-bond donors (Lipinski definition) is 1. The van der Waals surface area contributed by atoms with Gasteiger partial charge in [0.25, 0.3) is 0 Å². The van der Waals surface area contributed by atoms with Gasteiger partial charge in [0.05, 0.1) is 39.6 Å². The molecular weight excluding hydrogens is 360 g/mol. The summed E-state index contributed by atoms with van der Waals surface area (Å²) in [6, 6.07) is 0. The Morgan fingerprint density at radius 3 is 2.39 bits per heavy atom. The average Bonchev–Trinajstić information content (AvgIpc) is 2.63. The number of carbonyl (C=O) groups is 1. The first-order valence-corrected chi connectivity index (χ1v) is 10.0. The summed E-state index contributed by atoms with van der Waals surface area (Å²) in [5.41, 5.74) is 8.59. The highest BCUT2D eigenvalue weighted by atomic mass is 16.5. The van der Waals surface area contributed by atoms with Gasteiger partial charge < -0.3 is 19.5 Å². The van der Waals surface area contributed by atoms with Crippen molar-refractivity contribution in [2.24, 2.45) is 17.0 Å². The standard InChI is InChI=1S/C20H36N4O4/c1-17(2)7-5-9-20(23-24-21)28-16-15-27-14-13-26-12-10-19(25)22-11-6-8-18(3)4/h17-18,20H,5,7,9-16H2,1-4H3,(H,22,25). The minimum absolute atomic E-state index is 0.0751. The molecule has 160 valence electrons. The number of nitrogens with zero attached hydrogens (tertiary/aromatic N) is 3. The normalized spacial score (nSPS) is 11.6. The van der Waals surface area contributed by atoms with Crippen LogP contribution in [0.5, 0.6) is 0 Å². The van der Waals surface area contributed by atoms with Gasteiger partial charge in [0.15, 0.2) is 0 Å². The number of ether oxygens (including phenoxy) is 3. The van der Waals surface area contributed by atoms with E-state index in [1.165, 1.54) is 0 Å². The predicted octanol–water partition coefficient (Wildman–Crippen LogP) is 3.66. The van der Waals surface area contributed by atoms with Crippen LogP contribution in [-0.2, 0) is 19.0 Å². The molecule has 0 aromatic rings. The van der Waals surface area contributed by atoms with E-state index in [2.05, 4.69) is 41.0 Å².